The summed E-state index contributed by atoms with van der Waals surface area (Å²) in [5.74, 6) is -0.940. The number of hydrogen-bond acceptors (Lipinski definition) is 11. The highest BCUT2D eigenvalue weighted by Crippen LogP contribution is 2.42. The monoisotopic (exact) mass is 777 g/mol. The van der Waals surface area contributed by atoms with Gasteiger partial charge in [0.05, 0.1) is 47.0 Å². The van der Waals surface area contributed by atoms with E-state index in [4.69, 9.17) is 32.7 Å². The van der Waals surface area contributed by atoms with Gasteiger partial charge in [-0.1, -0.05) is 29.3 Å². The summed E-state index contributed by atoms with van der Waals surface area (Å²) in [5, 5.41) is 23.4. The smallest absolute Gasteiger partial charge is 0.334 e. The maximum absolute atomic E-state index is 14.2. The normalized spacial score (nSPS) is 21.8. The van der Waals surface area contributed by atoms with Gasteiger partial charge in [-0.25, -0.2) is 14.5 Å². The number of carbonyl (C=O) groups is 3. The van der Waals surface area contributed by atoms with Crippen LogP contribution in [0.3, 0.4) is 0 Å². The fourth-order valence-electron chi connectivity index (χ4n) is 7.91. The van der Waals surface area contributed by atoms with Gasteiger partial charge >= 0.3 is 5.97 Å². The van der Waals surface area contributed by atoms with E-state index in [2.05, 4.69) is 30.8 Å². The Bertz CT molecular complexity index is 1980. The van der Waals surface area contributed by atoms with Crippen molar-refractivity contribution in [1.82, 2.24) is 45.4 Å². The van der Waals surface area contributed by atoms with Crippen molar-refractivity contribution in [1.29, 1.82) is 0 Å². The van der Waals surface area contributed by atoms with E-state index in [0.29, 0.717) is 79.0 Å². The van der Waals surface area contributed by atoms with Gasteiger partial charge in [-0.05, 0) is 109 Å². The van der Waals surface area contributed by atoms with Crippen LogP contribution in [0.2, 0.25) is 10.0 Å². The van der Waals surface area contributed by atoms with E-state index in [1.54, 1.807) is 41.7 Å². The highest BCUT2D eigenvalue weighted by atomic mass is 35.5. The SMILES string of the molecule is COc1ccc(-n2cnnn2)cc1C(=O)N1CCC(CCN2CCC(C(=O)NN3CCOC(C(=O)O)C3)(c3ccncc3)CC2)(c2ccc(Cl)c(Cl)c2)C1. The number of hydrazine groups is 1. The number of tetrazole rings is 1. The zero-order valence-electron chi connectivity index (χ0n) is 29.7. The number of benzene rings is 2. The van der Waals surface area contributed by atoms with Crippen molar-refractivity contribution in [3.8, 4) is 11.4 Å². The molecule has 5 heterocycles. The molecule has 2 aromatic carbocycles. The number of hydrogen-bond donors (Lipinski definition) is 2. The lowest BCUT2D eigenvalue weighted by Gasteiger charge is -2.43. The van der Waals surface area contributed by atoms with Crippen molar-refractivity contribution in [2.45, 2.75) is 42.6 Å². The Morgan fingerprint density at radius 3 is 2.48 bits per heavy atom. The van der Waals surface area contributed by atoms with Crippen LogP contribution in [0.1, 0.15) is 47.2 Å². The van der Waals surface area contributed by atoms with Crippen LogP contribution in [0.5, 0.6) is 5.75 Å². The number of nitrogens with zero attached hydrogens (tertiary/aromatic N) is 8. The third-order valence-corrected chi connectivity index (χ3v) is 11.8. The Hall–Kier alpha value is -4.67. The molecular formula is C37H41Cl2N9O6. The van der Waals surface area contributed by atoms with Crippen LogP contribution >= 0.6 is 23.2 Å². The van der Waals surface area contributed by atoms with Crippen molar-refractivity contribution in [3.05, 3.63) is 94.0 Å². The number of likely N-dealkylation sites (tertiary alicyclic amines) is 2. The van der Waals surface area contributed by atoms with Crippen molar-refractivity contribution in [2.24, 2.45) is 0 Å². The number of rotatable bonds is 11. The lowest BCUT2D eigenvalue weighted by molar-refractivity contribution is -0.160. The summed E-state index contributed by atoms with van der Waals surface area (Å²) in [4.78, 5) is 48.3. The highest BCUT2D eigenvalue weighted by molar-refractivity contribution is 6.42. The average molecular weight is 779 g/mol. The Morgan fingerprint density at radius 1 is 0.981 bits per heavy atom. The first-order chi connectivity index (χ1) is 26.1. The number of carboxylic acid groups (broad SMARTS) is 1. The summed E-state index contributed by atoms with van der Waals surface area (Å²) in [6.45, 7) is 3.66. The summed E-state index contributed by atoms with van der Waals surface area (Å²) in [6, 6.07) is 14.7. The Morgan fingerprint density at radius 2 is 1.78 bits per heavy atom. The number of aromatic nitrogens is 5. The predicted octanol–water partition coefficient (Wildman–Crippen LogP) is 3.40. The number of morpholine rings is 1. The first kappa shape index (κ1) is 37.6. The maximum atomic E-state index is 14.2. The number of nitrogens with one attached hydrogen (secondary N) is 1. The van der Waals surface area contributed by atoms with Crippen LogP contribution in [0.25, 0.3) is 5.69 Å². The molecule has 2 amide bonds. The molecule has 2 atom stereocenters. The summed E-state index contributed by atoms with van der Waals surface area (Å²) >= 11 is 12.9. The summed E-state index contributed by atoms with van der Waals surface area (Å²) in [5.41, 5.74) is 4.70. The van der Waals surface area contributed by atoms with E-state index in [9.17, 15) is 19.5 Å². The molecule has 0 saturated carbocycles. The number of ether oxygens (including phenoxy) is 2. The van der Waals surface area contributed by atoms with E-state index in [-0.39, 0.29) is 25.0 Å². The van der Waals surface area contributed by atoms with Crippen molar-refractivity contribution >= 4 is 41.0 Å². The fraction of sp³-hybridized carbons (Fsp3) is 0.432. The Balaban J connectivity index is 1.08. The second-order valence-corrected chi connectivity index (χ2v) is 14.8. The minimum atomic E-state index is -1.06. The molecule has 284 valence electrons. The molecule has 0 aliphatic carbocycles. The van der Waals surface area contributed by atoms with Crippen LogP contribution in [-0.2, 0) is 25.2 Å². The molecule has 3 aliphatic heterocycles. The highest BCUT2D eigenvalue weighted by Gasteiger charge is 2.46. The number of carbonyl (C=O) groups excluding carboxylic acids is 2. The third-order valence-electron chi connectivity index (χ3n) is 11.1. The van der Waals surface area contributed by atoms with Gasteiger partial charge in [0.25, 0.3) is 5.91 Å². The summed E-state index contributed by atoms with van der Waals surface area (Å²) in [7, 11) is 1.54. The number of pyridine rings is 1. The van der Waals surface area contributed by atoms with Gasteiger partial charge in [0.2, 0.25) is 5.91 Å². The van der Waals surface area contributed by atoms with E-state index in [1.807, 2.05) is 29.2 Å². The Kier molecular flexibility index (Phi) is 11.1. The first-order valence-corrected chi connectivity index (χ1v) is 18.6. The van der Waals surface area contributed by atoms with E-state index < -0.39 is 22.9 Å². The second-order valence-electron chi connectivity index (χ2n) is 14.0. The number of carboxylic acids is 1. The topological polar surface area (TPSA) is 168 Å². The molecule has 7 rings (SSSR count). The van der Waals surface area contributed by atoms with Crippen LogP contribution in [0.15, 0.2) is 67.3 Å². The molecule has 0 radical (unpaired) electrons. The molecule has 3 saturated heterocycles. The third kappa shape index (κ3) is 7.64. The molecule has 17 heteroatoms. The van der Waals surface area contributed by atoms with E-state index >= 15 is 0 Å². The lowest BCUT2D eigenvalue weighted by Crippen LogP contribution is -2.59. The molecule has 54 heavy (non-hydrogen) atoms. The number of aliphatic carboxylic acids is 1. The summed E-state index contributed by atoms with van der Waals surface area (Å²) in [6.07, 6.45) is 6.39. The van der Waals surface area contributed by atoms with Crippen LogP contribution in [-0.4, -0.2) is 129 Å². The molecule has 3 fully saturated rings. The van der Waals surface area contributed by atoms with Crippen LogP contribution < -0.4 is 10.2 Å². The predicted molar refractivity (Wildman–Crippen MR) is 198 cm³/mol. The summed E-state index contributed by atoms with van der Waals surface area (Å²) < 4.78 is 12.4. The molecule has 4 aromatic rings. The fourth-order valence-corrected chi connectivity index (χ4v) is 8.21. The quantitative estimate of drug-likeness (QED) is 0.228. The van der Waals surface area contributed by atoms with Crippen molar-refractivity contribution in [3.63, 3.8) is 0 Å². The minimum Gasteiger partial charge on any atom is -0.496 e. The van der Waals surface area contributed by atoms with Crippen molar-refractivity contribution < 1.29 is 29.0 Å². The lowest BCUT2D eigenvalue weighted by atomic mass is 9.72. The zero-order chi connectivity index (χ0) is 37.9. The molecule has 2 N–H and O–H groups in total. The van der Waals surface area contributed by atoms with E-state index in [1.165, 1.54) is 18.1 Å². The van der Waals surface area contributed by atoms with Gasteiger partial charge in [0.1, 0.15) is 12.1 Å². The average Bonchev–Trinajstić information content (AvgIpc) is 3.90. The number of methoxy groups -OCH3 is 1. The second kappa shape index (κ2) is 16.0. The van der Waals surface area contributed by atoms with Gasteiger partial charge in [0, 0.05) is 37.4 Å². The van der Waals surface area contributed by atoms with Gasteiger partial charge in [0.15, 0.2) is 6.10 Å². The van der Waals surface area contributed by atoms with Crippen LogP contribution in [0.4, 0.5) is 0 Å². The molecule has 0 spiro atoms. The number of halogens is 2. The zero-order valence-corrected chi connectivity index (χ0v) is 31.2. The van der Waals surface area contributed by atoms with Crippen molar-refractivity contribution in [2.75, 3.05) is 59.5 Å². The number of amides is 2. The molecule has 2 unspecified atom stereocenters. The van der Waals surface area contributed by atoms with Crippen LogP contribution in [0, 0.1) is 0 Å². The first-order valence-electron chi connectivity index (χ1n) is 17.8. The van der Waals surface area contributed by atoms with Gasteiger partial charge < -0.3 is 24.4 Å². The largest absolute Gasteiger partial charge is 0.496 e. The van der Waals surface area contributed by atoms with Gasteiger partial charge in [-0.15, -0.1) is 5.10 Å². The molecule has 3 aliphatic rings. The molecule has 2 aromatic heterocycles. The molecule has 15 nitrogen and oxygen atoms in total. The Labute approximate surface area is 322 Å². The van der Waals surface area contributed by atoms with Gasteiger partial charge in [-0.3, -0.25) is 20.0 Å². The maximum Gasteiger partial charge on any atom is 0.334 e. The van der Waals surface area contributed by atoms with Gasteiger partial charge in [-0.2, -0.15) is 0 Å². The standard InChI is InChI=1S/C37H41Cl2N9O6/c1-53-31-5-3-27(48-24-41-43-44-48)21-28(31)33(49)46-17-9-36(23-46,26-2-4-29(38)30(39)20-26)8-14-45-15-10-37(11-16-45,25-6-12-40-13-7-25)35(52)42-47-18-19-54-32(22-47)34(50)51/h2-7,12-13,20-21,24,32H,8-11,14-19,22-23H2,1H3,(H,42,52)(H,50,51). The molecular weight excluding hydrogens is 737 g/mol. The minimum absolute atomic E-state index is 0.0630. The number of piperidine rings is 1. The molecule has 0 bridgehead atoms. The van der Waals surface area contributed by atoms with E-state index in [0.717, 1.165) is 24.1 Å².